The lowest BCUT2D eigenvalue weighted by molar-refractivity contribution is -0.155. The standard InChI is InChI=1S/C27H50O4Si/c1-8-9-10-11-12-14-17-22-19-20-24(28)23(22)18-15-13-16-21-27(5,25(29)30)31-32(6,7)26(2,3)4/h19,23H,8-18,20-21H2,1-7H3,(H,29,30)/t23-,27?/m1/s1. The molecular weight excluding hydrogens is 416 g/mol. The third-order valence-corrected chi connectivity index (χ3v) is 12.2. The van der Waals surface area contributed by atoms with Gasteiger partial charge in [0.2, 0.25) is 0 Å². The van der Waals surface area contributed by atoms with Gasteiger partial charge in [0.05, 0.1) is 0 Å². The highest BCUT2D eigenvalue weighted by Gasteiger charge is 2.46. The molecule has 0 saturated carbocycles. The van der Waals surface area contributed by atoms with Crippen molar-refractivity contribution in [2.75, 3.05) is 0 Å². The molecule has 0 amide bonds. The first-order valence-electron chi connectivity index (χ1n) is 13.0. The highest BCUT2D eigenvalue weighted by molar-refractivity contribution is 6.74. The Bertz CT molecular complexity index is 632. The molecule has 1 aliphatic rings. The summed E-state index contributed by atoms with van der Waals surface area (Å²) in [7, 11) is -2.17. The summed E-state index contributed by atoms with van der Waals surface area (Å²) < 4.78 is 6.32. The second-order valence-electron chi connectivity index (χ2n) is 11.5. The van der Waals surface area contributed by atoms with Crippen LogP contribution in [0.5, 0.6) is 0 Å². The van der Waals surface area contributed by atoms with Gasteiger partial charge in [-0.3, -0.25) is 4.79 Å². The van der Waals surface area contributed by atoms with E-state index in [4.69, 9.17) is 4.43 Å². The normalized spacial score (nSPS) is 19.2. The van der Waals surface area contributed by atoms with Crippen molar-refractivity contribution in [3.8, 4) is 0 Å². The molecular formula is C27H50O4Si. The predicted octanol–water partition coefficient (Wildman–Crippen LogP) is 8.07. The van der Waals surface area contributed by atoms with E-state index >= 15 is 0 Å². The summed E-state index contributed by atoms with van der Waals surface area (Å²) >= 11 is 0. The number of carbonyl (C=O) groups excluding carboxylic acids is 1. The van der Waals surface area contributed by atoms with E-state index in [1.807, 2.05) is 0 Å². The molecule has 0 heterocycles. The van der Waals surface area contributed by atoms with E-state index < -0.39 is 19.9 Å². The summed E-state index contributed by atoms with van der Waals surface area (Å²) in [5.74, 6) is -0.375. The Morgan fingerprint density at radius 3 is 2.22 bits per heavy atom. The molecule has 0 saturated heterocycles. The number of allylic oxidation sites excluding steroid dienone is 2. The van der Waals surface area contributed by atoms with Crippen LogP contribution in [0.4, 0.5) is 0 Å². The summed E-state index contributed by atoms with van der Waals surface area (Å²) in [5, 5.41) is 9.83. The molecule has 32 heavy (non-hydrogen) atoms. The molecule has 1 unspecified atom stereocenters. The van der Waals surface area contributed by atoms with Crippen molar-refractivity contribution in [1.82, 2.24) is 0 Å². The number of carbonyl (C=O) groups is 2. The largest absolute Gasteiger partial charge is 0.479 e. The topological polar surface area (TPSA) is 63.6 Å². The maximum atomic E-state index is 12.4. The van der Waals surface area contributed by atoms with Crippen LogP contribution in [0.3, 0.4) is 0 Å². The second kappa shape index (κ2) is 13.1. The van der Waals surface area contributed by atoms with E-state index in [9.17, 15) is 14.7 Å². The molecule has 1 aliphatic carbocycles. The molecule has 0 radical (unpaired) electrons. The van der Waals surface area contributed by atoms with Gasteiger partial charge in [-0.05, 0) is 50.7 Å². The van der Waals surface area contributed by atoms with Crippen LogP contribution in [0.25, 0.3) is 0 Å². The van der Waals surface area contributed by atoms with Crippen LogP contribution in [0.1, 0.15) is 118 Å². The average Bonchev–Trinajstić information content (AvgIpc) is 3.02. The SMILES string of the molecule is CCCCCCCCC1=CCC(=O)[C@@H]1CCCCCC(C)(O[Si](C)(C)C(C)(C)C)C(=O)O. The molecule has 5 heteroatoms. The Balaban J connectivity index is 2.44. The molecule has 2 atom stereocenters. The van der Waals surface area contributed by atoms with Crippen molar-refractivity contribution in [2.45, 2.75) is 142 Å². The number of aliphatic carboxylic acids is 1. The Kier molecular flexibility index (Phi) is 11.9. The smallest absolute Gasteiger partial charge is 0.334 e. The minimum atomic E-state index is -2.17. The molecule has 0 aliphatic heterocycles. The van der Waals surface area contributed by atoms with Crippen LogP contribution in [0, 0.1) is 5.92 Å². The van der Waals surface area contributed by atoms with E-state index in [0.717, 1.165) is 32.1 Å². The summed E-state index contributed by atoms with van der Waals surface area (Å²) in [4.78, 5) is 24.4. The number of ketones is 1. The van der Waals surface area contributed by atoms with Gasteiger partial charge >= 0.3 is 5.97 Å². The van der Waals surface area contributed by atoms with Crippen molar-refractivity contribution >= 4 is 20.1 Å². The van der Waals surface area contributed by atoms with Crippen LogP contribution in [0.2, 0.25) is 18.1 Å². The highest BCUT2D eigenvalue weighted by atomic mass is 28.4. The minimum absolute atomic E-state index is 0.0225. The lowest BCUT2D eigenvalue weighted by atomic mass is 9.89. The number of unbranched alkanes of at least 4 members (excludes halogenated alkanes) is 7. The summed E-state index contributed by atoms with van der Waals surface area (Å²) in [6, 6.07) is 0. The van der Waals surface area contributed by atoms with Crippen LogP contribution in [-0.4, -0.2) is 30.8 Å². The number of hydrogen-bond donors (Lipinski definition) is 1. The van der Waals surface area contributed by atoms with Gasteiger partial charge < -0.3 is 9.53 Å². The van der Waals surface area contributed by atoms with Crippen molar-refractivity contribution in [2.24, 2.45) is 5.92 Å². The zero-order valence-corrected chi connectivity index (χ0v) is 23.0. The van der Waals surface area contributed by atoms with E-state index in [-0.39, 0.29) is 11.0 Å². The Hall–Kier alpha value is -0.943. The Morgan fingerprint density at radius 1 is 1.03 bits per heavy atom. The molecule has 1 rings (SSSR count). The van der Waals surface area contributed by atoms with E-state index in [1.54, 1.807) is 6.92 Å². The van der Waals surface area contributed by atoms with Gasteiger partial charge in [-0.2, -0.15) is 0 Å². The van der Waals surface area contributed by atoms with Gasteiger partial charge in [0.15, 0.2) is 13.9 Å². The Morgan fingerprint density at radius 2 is 1.62 bits per heavy atom. The Labute approximate surface area is 198 Å². The zero-order valence-electron chi connectivity index (χ0n) is 22.0. The third-order valence-electron chi connectivity index (χ3n) is 7.61. The lowest BCUT2D eigenvalue weighted by Crippen LogP contribution is -2.52. The van der Waals surface area contributed by atoms with Crippen molar-refractivity contribution in [1.29, 1.82) is 0 Å². The van der Waals surface area contributed by atoms with Crippen LogP contribution in [0.15, 0.2) is 11.6 Å². The summed E-state index contributed by atoms with van der Waals surface area (Å²) in [5.41, 5.74) is 0.233. The van der Waals surface area contributed by atoms with Crippen molar-refractivity contribution in [3.05, 3.63) is 11.6 Å². The van der Waals surface area contributed by atoms with E-state index in [1.165, 1.54) is 44.1 Å². The molecule has 186 valence electrons. The minimum Gasteiger partial charge on any atom is -0.479 e. The molecule has 0 aromatic carbocycles. The number of rotatable bonds is 16. The first-order chi connectivity index (χ1) is 14.8. The fourth-order valence-electron chi connectivity index (χ4n) is 4.36. The van der Waals surface area contributed by atoms with Gasteiger partial charge in [0.1, 0.15) is 5.78 Å². The number of Topliss-reactive ketones (excluding diaryl/α,β-unsaturated/α-hetero) is 1. The monoisotopic (exact) mass is 466 g/mol. The predicted molar refractivity (Wildman–Crippen MR) is 137 cm³/mol. The molecule has 0 spiro atoms. The fraction of sp³-hybridized carbons (Fsp3) is 0.852. The maximum Gasteiger partial charge on any atom is 0.334 e. The van der Waals surface area contributed by atoms with Gasteiger partial charge in [-0.1, -0.05) is 90.7 Å². The average molecular weight is 467 g/mol. The quantitative estimate of drug-likeness (QED) is 0.142. The van der Waals surface area contributed by atoms with Gasteiger partial charge in [-0.25, -0.2) is 4.79 Å². The molecule has 0 aromatic heterocycles. The van der Waals surface area contributed by atoms with Gasteiger partial charge in [0, 0.05) is 12.3 Å². The molecule has 0 fully saturated rings. The molecule has 0 bridgehead atoms. The number of hydrogen-bond acceptors (Lipinski definition) is 3. The van der Waals surface area contributed by atoms with Crippen LogP contribution >= 0.6 is 0 Å². The van der Waals surface area contributed by atoms with E-state index in [2.05, 4.69) is 46.9 Å². The fourth-order valence-corrected chi connectivity index (χ4v) is 5.98. The van der Waals surface area contributed by atoms with Crippen molar-refractivity contribution < 1.29 is 19.1 Å². The third kappa shape index (κ3) is 9.13. The maximum absolute atomic E-state index is 12.4. The number of carboxylic acids is 1. The van der Waals surface area contributed by atoms with E-state index in [0.29, 0.717) is 18.6 Å². The first kappa shape index (κ1) is 29.1. The highest BCUT2D eigenvalue weighted by Crippen LogP contribution is 2.40. The summed E-state index contributed by atoms with van der Waals surface area (Å²) in [6.45, 7) is 14.6. The van der Waals surface area contributed by atoms with Crippen molar-refractivity contribution in [3.63, 3.8) is 0 Å². The van der Waals surface area contributed by atoms with Gasteiger partial charge in [0.25, 0.3) is 0 Å². The molecule has 1 N–H and O–H groups in total. The lowest BCUT2D eigenvalue weighted by Gasteiger charge is -2.42. The second-order valence-corrected chi connectivity index (χ2v) is 16.2. The summed E-state index contributed by atoms with van der Waals surface area (Å²) in [6.07, 6.45) is 15.7. The molecule has 4 nitrogen and oxygen atoms in total. The van der Waals surface area contributed by atoms with Crippen LogP contribution < -0.4 is 0 Å². The van der Waals surface area contributed by atoms with Crippen LogP contribution in [-0.2, 0) is 14.0 Å². The van der Waals surface area contributed by atoms with Gasteiger partial charge in [-0.15, -0.1) is 0 Å². The molecule has 0 aromatic rings. The first-order valence-corrected chi connectivity index (χ1v) is 15.9. The zero-order chi connectivity index (χ0) is 24.4. The number of carboxylic acid groups (broad SMARTS) is 1.